The van der Waals surface area contributed by atoms with Crippen LogP contribution in [0.4, 0.5) is 5.82 Å². The van der Waals surface area contributed by atoms with Crippen molar-refractivity contribution in [2.75, 3.05) is 18.0 Å². The van der Waals surface area contributed by atoms with Crippen LogP contribution in [-0.4, -0.2) is 45.4 Å². The van der Waals surface area contributed by atoms with E-state index in [0.717, 1.165) is 16.7 Å². The second-order valence-corrected chi connectivity index (χ2v) is 6.67. The lowest BCUT2D eigenvalue weighted by molar-refractivity contribution is 0.0706. The Morgan fingerprint density at radius 3 is 2.52 bits per heavy atom. The molecule has 7 nitrogen and oxygen atoms in total. The van der Waals surface area contributed by atoms with E-state index in [-0.39, 0.29) is 5.56 Å². The monoisotopic (exact) mass is 386 g/mol. The quantitative estimate of drug-likeness (QED) is 0.361. The van der Waals surface area contributed by atoms with Crippen molar-refractivity contribution in [3.8, 4) is 23.1 Å². The summed E-state index contributed by atoms with van der Waals surface area (Å²) in [7, 11) is 0. The zero-order valence-corrected chi connectivity index (χ0v) is 15.4. The maximum Gasteiger partial charge on any atom is 0.274 e. The summed E-state index contributed by atoms with van der Waals surface area (Å²) in [5.74, 6) is 6.10. The van der Waals surface area contributed by atoms with Crippen molar-refractivity contribution in [3.05, 3.63) is 77.6 Å². The number of carbonyl (C=O) groups excluding carboxylic acids is 1. The number of aliphatic hydroxyl groups is 1. The standard InChI is InChI=1S/C22H18N4O3/c27-19-13-26(14-19)21-11-18(22(28)25-29)10-20(24-21)17-7-5-15(6-8-17)3-4-16-2-1-9-23-12-16/h1-2,5-12,19,27,29H,13-14H2,(H,25,28). The number of pyridine rings is 2. The number of aliphatic hydroxyl groups excluding tert-OH is 1. The third-order valence-corrected chi connectivity index (χ3v) is 4.56. The minimum atomic E-state index is -0.616. The lowest BCUT2D eigenvalue weighted by atomic mass is 10.1. The number of nitrogens with zero attached hydrogens (tertiary/aromatic N) is 3. The summed E-state index contributed by atoms with van der Waals surface area (Å²) < 4.78 is 0. The van der Waals surface area contributed by atoms with Crippen molar-refractivity contribution >= 4 is 11.7 Å². The Balaban J connectivity index is 1.62. The van der Waals surface area contributed by atoms with Gasteiger partial charge in [-0.3, -0.25) is 15.0 Å². The lowest BCUT2D eigenvalue weighted by Crippen LogP contribution is -2.51. The van der Waals surface area contributed by atoms with E-state index in [0.29, 0.717) is 24.6 Å². The molecule has 2 aromatic heterocycles. The minimum Gasteiger partial charge on any atom is -0.389 e. The molecule has 1 aliphatic rings. The molecule has 0 radical (unpaired) electrons. The third kappa shape index (κ3) is 4.24. The molecule has 1 aromatic carbocycles. The molecule has 4 rings (SSSR count). The second kappa shape index (κ2) is 8.10. The number of rotatable bonds is 3. The van der Waals surface area contributed by atoms with Crippen molar-refractivity contribution in [2.45, 2.75) is 6.10 Å². The van der Waals surface area contributed by atoms with Gasteiger partial charge >= 0.3 is 0 Å². The van der Waals surface area contributed by atoms with Crippen molar-refractivity contribution in [2.24, 2.45) is 0 Å². The molecule has 0 bridgehead atoms. The van der Waals surface area contributed by atoms with Gasteiger partial charge in [0.25, 0.3) is 5.91 Å². The highest BCUT2D eigenvalue weighted by Crippen LogP contribution is 2.26. The molecule has 1 aliphatic heterocycles. The molecule has 1 fully saturated rings. The average molecular weight is 386 g/mol. The van der Waals surface area contributed by atoms with Gasteiger partial charge in [-0.1, -0.05) is 24.0 Å². The Morgan fingerprint density at radius 2 is 1.86 bits per heavy atom. The molecule has 0 saturated carbocycles. The van der Waals surface area contributed by atoms with E-state index in [1.807, 2.05) is 41.3 Å². The SMILES string of the molecule is O=C(NO)c1cc(-c2ccc(C#Cc3cccnc3)cc2)nc(N2CC(O)C2)c1. The number of hydroxylamine groups is 1. The number of hydrogen-bond acceptors (Lipinski definition) is 6. The van der Waals surface area contributed by atoms with E-state index in [1.54, 1.807) is 30.0 Å². The normalized spacial score (nSPS) is 13.2. The molecular formula is C22H18N4O3. The first-order chi connectivity index (χ1) is 14.1. The van der Waals surface area contributed by atoms with Crippen LogP contribution < -0.4 is 10.4 Å². The molecule has 0 unspecified atom stereocenters. The van der Waals surface area contributed by atoms with Gasteiger partial charge in [0.15, 0.2) is 0 Å². The van der Waals surface area contributed by atoms with E-state index < -0.39 is 12.0 Å². The second-order valence-electron chi connectivity index (χ2n) is 6.67. The summed E-state index contributed by atoms with van der Waals surface area (Å²) in [5.41, 5.74) is 5.02. The van der Waals surface area contributed by atoms with Gasteiger partial charge in [-0.15, -0.1) is 0 Å². The Morgan fingerprint density at radius 1 is 1.10 bits per heavy atom. The van der Waals surface area contributed by atoms with Crippen LogP contribution in [0.3, 0.4) is 0 Å². The van der Waals surface area contributed by atoms with E-state index in [1.165, 1.54) is 0 Å². The van der Waals surface area contributed by atoms with Crippen molar-refractivity contribution < 1.29 is 15.1 Å². The smallest absolute Gasteiger partial charge is 0.274 e. The van der Waals surface area contributed by atoms with Crippen molar-refractivity contribution in [1.29, 1.82) is 0 Å². The average Bonchev–Trinajstić information content (AvgIpc) is 2.75. The predicted molar refractivity (Wildman–Crippen MR) is 107 cm³/mol. The van der Waals surface area contributed by atoms with E-state index >= 15 is 0 Å². The number of aromatic nitrogens is 2. The van der Waals surface area contributed by atoms with Gasteiger partial charge in [-0.25, -0.2) is 10.5 Å². The fourth-order valence-electron chi connectivity index (χ4n) is 2.97. The summed E-state index contributed by atoms with van der Waals surface area (Å²) in [6.45, 7) is 0.916. The minimum absolute atomic E-state index is 0.286. The molecule has 3 N–H and O–H groups in total. The van der Waals surface area contributed by atoms with Crippen LogP contribution in [-0.2, 0) is 0 Å². The molecule has 0 atom stereocenters. The Bertz CT molecular complexity index is 1080. The summed E-state index contributed by atoms with van der Waals surface area (Å²) in [6.07, 6.45) is 3.01. The van der Waals surface area contributed by atoms with Gasteiger partial charge in [0, 0.05) is 47.7 Å². The number of carbonyl (C=O) groups is 1. The lowest BCUT2D eigenvalue weighted by Gasteiger charge is -2.37. The van der Waals surface area contributed by atoms with Gasteiger partial charge in [0.05, 0.1) is 11.8 Å². The number of β-amino-alcohol motifs (C(OH)–C–C–N with tert-alkyl or cyclic N) is 1. The van der Waals surface area contributed by atoms with Gasteiger partial charge < -0.3 is 10.0 Å². The van der Waals surface area contributed by atoms with Gasteiger partial charge in [0.1, 0.15) is 5.82 Å². The molecular weight excluding hydrogens is 368 g/mol. The molecule has 144 valence electrons. The molecule has 3 heterocycles. The Kier molecular flexibility index (Phi) is 5.20. The predicted octanol–water partition coefficient (Wildman–Crippen LogP) is 1.84. The fourth-order valence-corrected chi connectivity index (χ4v) is 2.97. The van der Waals surface area contributed by atoms with Crippen LogP contribution in [0.25, 0.3) is 11.3 Å². The summed E-state index contributed by atoms with van der Waals surface area (Å²) in [5, 5.41) is 18.5. The van der Waals surface area contributed by atoms with Crippen LogP contribution >= 0.6 is 0 Å². The van der Waals surface area contributed by atoms with Crippen LogP contribution in [0.2, 0.25) is 0 Å². The number of anilines is 1. The Labute approximate surface area is 167 Å². The number of hydrogen-bond donors (Lipinski definition) is 3. The van der Waals surface area contributed by atoms with E-state index in [4.69, 9.17) is 5.21 Å². The highest BCUT2D eigenvalue weighted by Gasteiger charge is 2.26. The zero-order valence-electron chi connectivity index (χ0n) is 15.4. The van der Waals surface area contributed by atoms with Gasteiger partial charge in [0.2, 0.25) is 0 Å². The molecule has 3 aromatic rings. The largest absolute Gasteiger partial charge is 0.389 e. The summed E-state index contributed by atoms with van der Waals surface area (Å²) >= 11 is 0. The summed E-state index contributed by atoms with van der Waals surface area (Å²) in [6, 6.07) is 14.5. The molecule has 29 heavy (non-hydrogen) atoms. The third-order valence-electron chi connectivity index (χ3n) is 4.56. The van der Waals surface area contributed by atoms with Crippen LogP contribution in [0.5, 0.6) is 0 Å². The highest BCUT2D eigenvalue weighted by molar-refractivity contribution is 5.95. The van der Waals surface area contributed by atoms with Crippen molar-refractivity contribution in [1.82, 2.24) is 15.4 Å². The molecule has 0 spiro atoms. The number of amides is 1. The number of nitrogens with one attached hydrogen (secondary N) is 1. The maximum absolute atomic E-state index is 11.9. The maximum atomic E-state index is 11.9. The zero-order chi connectivity index (χ0) is 20.2. The van der Waals surface area contributed by atoms with E-state index in [9.17, 15) is 9.90 Å². The molecule has 0 aliphatic carbocycles. The first-order valence-corrected chi connectivity index (χ1v) is 9.04. The number of benzene rings is 1. The van der Waals surface area contributed by atoms with Crippen molar-refractivity contribution in [3.63, 3.8) is 0 Å². The van der Waals surface area contributed by atoms with E-state index in [2.05, 4.69) is 21.8 Å². The van der Waals surface area contributed by atoms with Crippen LogP contribution in [0.1, 0.15) is 21.5 Å². The van der Waals surface area contributed by atoms with Crippen LogP contribution in [0, 0.1) is 11.8 Å². The summed E-state index contributed by atoms with van der Waals surface area (Å²) in [4.78, 5) is 22.5. The highest BCUT2D eigenvalue weighted by atomic mass is 16.5. The molecule has 1 amide bonds. The molecule has 1 saturated heterocycles. The first-order valence-electron chi connectivity index (χ1n) is 9.04. The topological polar surface area (TPSA) is 98.6 Å². The fraction of sp³-hybridized carbons (Fsp3) is 0.136. The first kappa shape index (κ1) is 18.6. The Hall–Kier alpha value is -3.73. The molecule has 7 heteroatoms. The van der Waals surface area contributed by atoms with Gasteiger partial charge in [-0.2, -0.15) is 0 Å². The van der Waals surface area contributed by atoms with Gasteiger partial charge in [-0.05, 0) is 36.4 Å². The van der Waals surface area contributed by atoms with Crippen LogP contribution in [0.15, 0.2) is 60.9 Å².